The van der Waals surface area contributed by atoms with Gasteiger partial charge >= 0.3 is 6.18 Å². The SMILES string of the molecule is C[C@H]1CN(S(=O)(=O)c2cccc(C(=O)NCc3cccc(C(F)(F)F)c3)c2)C[C@H](C)O1. The number of alkyl halides is 3. The van der Waals surface area contributed by atoms with E-state index in [9.17, 15) is 26.4 Å². The first-order chi connectivity index (χ1) is 14.5. The molecule has 3 rings (SSSR count). The molecule has 1 aliphatic rings. The molecule has 0 bridgehead atoms. The summed E-state index contributed by atoms with van der Waals surface area (Å²) < 4.78 is 71.4. The lowest BCUT2D eigenvalue weighted by Crippen LogP contribution is -2.48. The number of ether oxygens (including phenoxy) is 1. The van der Waals surface area contributed by atoms with Crippen molar-refractivity contribution in [3.8, 4) is 0 Å². The number of hydrogen-bond acceptors (Lipinski definition) is 4. The maximum absolute atomic E-state index is 13.0. The zero-order valence-corrected chi connectivity index (χ0v) is 17.8. The molecule has 1 fully saturated rings. The Morgan fingerprint density at radius 1 is 1.10 bits per heavy atom. The predicted molar refractivity (Wildman–Crippen MR) is 108 cm³/mol. The van der Waals surface area contributed by atoms with Gasteiger partial charge in [-0.1, -0.05) is 18.2 Å². The molecular weight excluding hydrogens is 433 g/mol. The summed E-state index contributed by atoms with van der Waals surface area (Å²) in [6.45, 7) is 3.86. The third-order valence-electron chi connectivity index (χ3n) is 4.83. The van der Waals surface area contributed by atoms with Gasteiger partial charge in [-0.3, -0.25) is 4.79 Å². The molecule has 0 aromatic heterocycles. The van der Waals surface area contributed by atoms with E-state index in [1.807, 2.05) is 0 Å². The summed E-state index contributed by atoms with van der Waals surface area (Å²) in [5, 5.41) is 2.53. The van der Waals surface area contributed by atoms with Crippen molar-refractivity contribution in [1.82, 2.24) is 9.62 Å². The van der Waals surface area contributed by atoms with Crippen molar-refractivity contribution in [2.45, 2.75) is 43.7 Å². The maximum atomic E-state index is 13.0. The van der Waals surface area contributed by atoms with Crippen LogP contribution in [-0.2, 0) is 27.5 Å². The van der Waals surface area contributed by atoms with Crippen molar-refractivity contribution in [3.05, 3.63) is 65.2 Å². The average Bonchev–Trinajstić information content (AvgIpc) is 2.71. The van der Waals surface area contributed by atoms with Crippen LogP contribution in [0.5, 0.6) is 0 Å². The molecule has 0 unspecified atom stereocenters. The number of sulfonamides is 1. The maximum Gasteiger partial charge on any atom is 0.416 e. The molecular formula is C21H23F3N2O4S. The van der Waals surface area contributed by atoms with Gasteiger partial charge in [-0.15, -0.1) is 0 Å². The smallest absolute Gasteiger partial charge is 0.373 e. The lowest BCUT2D eigenvalue weighted by atomic mass is 10.1. The normalized spacial score (nSPS) is 20.4. The first-order valence-electron chi connectivity index (χ1n) is 9.67. The van der Waals surface area contributed by atoms with Crippen LogP contribution in [0.2, 0.25) is 0 Å². The Labute approximate surface area is 179 Å². The highest BCUT2D eigenvalue weighted by atomic mass is 32.2. The summed E-state index contributed by atoms with van der Waals surface area (Å²) in [6.07, 6.45) is -4.98. The Hall–Kier alpha value is -2.43. The predicted octanol–water partition coefficient (Wildman–Crippen LogP) is 3.43. The molecule has 1 saturated heterocycles. The molecule has 1 amide bonds. The van der Waals surface area contributed by atoms with E-state index in [0.717, 1.165) is 12.1 Å². The summed E-state index contributed by atoms with van der Waals surface area (Å²) in [6, 6.07) is 10.2. The van der Waals surface area contributed by atoms with Crippen molar-refractivity contribution >= 4 is 15.9 Å². The zero-order chi connectivity index (χ0) is 22.8. The fraction of sp³-hybridized carbons (Fsp3) is 0.381. The highest BCUT2D eigenvalue weighted by molar-refractivity contribution is 7.89. The Morgan fingerprint density at radius 2 is 1.74 bits per heavy atom. The fourth-order valence-electron chi connectivity index (χ4n) is 3.42. The number of morpholine rings is 1. The quantitative estimate of drug-likeness (QED) is 0.748. The number of carbonyl (C=O) groups excluding carboxylic acids is 1. The van der Waals surface area contributed by atoms with Crippen LogP contribution in [-0.4, -0.2) is 43.9 Å². The van der Waals surface area contributed by atoms with Gasteiger partial charge in [0.2, 0.25) is 10.0 Å². The van der Waals surface area contributed by atoms with Gasteiger partial charge in [0.15, 0.2) is 0 Å². The second-order valence-corrected chi connectivity index (χ2v) is 9.43. The Kier molecular flexibility index (Phi) is 6.73. The highest BCUT2D eigenvalue weighted by Crippen LogP contribution is 2.29. The van der Waals surface area contributed by atoms with Gasteiger partial charge in [-0.05, 0) is 49.7 Å². The number of halogens is 3. The summed E-state index contributed by atoms with van der Waals surface area (Å²) in [7, 11) is -3.82. The standard InChI is InChI=1S/C21H23F3N2O4S/c1-14-12-26(13-15(2)30-14)31(28,29)19-8-4-6-17(10-19)20(27)25-11-16-5-3-7-18(9-16)21(22,23)24/h3-10,14-15H,11-13H2,1-2H3,(H,25,27)/t14-,15-/m0/s1. The number of carbonyl (C=O) groups is 1. The van der Waals surface area contributed by atoms with Crippen molar-refractivity contribution in [2.75, 3.05) is 13.1 Å². The minimum absolute atomic E-state index is 0.0273. The molecule has 0 spiro atoms. The molecule has 0 aliphatic carbocycles. The number of benzene rings is 2. The van der Waals surface area contributed by atoms with Crippen molar-refractivity contribution in [3.63, 3.8) is 0 Å². The van der Waals surface area contributed by atoms with Gasteiger partial charge < -0.3 is 10.1 Å². The van der Waals surface area contributed by atoms with Crippen molar-refractivity contribution in [2.24, 2.45) is 0 Å². The second kappa shape index (κ2) is 8.97. The fourth-order valence-corrected chi connectivity index (χ4v) is 5.05. The molecule has 0 radical (unpaired) electrons. The van der Waals surface area contributed by atoms with Gasteiger partial charge in [0, 0.05) is 25.2 Å². The molecule has 0 saturated carbocycles. The van der Waals surface area contributed by atoms with Gasteiger partial charge in [0.1, 0.15) is 0 Å². The van der Waals surface area contributed by atoms with Crippen LogP contribution in [0.25, 0.3) is 0 Å². The average molecular weight is 456 g/mol. The first kappa shape index (κ1) is 23.2. The molecule has 2 aromatic rings. The number of nitrogens with zero attached hydrogens (tertiary/aromatic N) is 1. The zero-order valence-electron chi connectivity index (χ0n) is 17.0. The number of rotatable bonds is 5. The van der Waals surface area contributed by atoms with E-state index >= 15 is 0 Å². The third-order valence-corrected chi connectivity index (χ3v) is 6.66. The van der Waals surface area contributed by atoms with E-state index in [4.69, 9.17) is 4.74 Å². The van der Waals surface area contributed by atoms with Gasteiger partial charge in [0.25, 0.3) is 5.91 Å². The van der Waals surface area contributed by atoms with Crippen LogP contribution in [0.3, 0.4) is 0 Å². The van der Waals surface area contributed by atoms with E-state index in [2.05, 4.69) is 5.32 Å². The molecule has 2 aromatic carbocycles. The molecule has 1 N–H and O–H groups in total. The van der Waals surface area contributed by atoms with Gasteiger partial charge in [-0.2, -0.15) is 17.5 Å². The minimum Gasteiger partial charge on any atom is -0.373 e. The summed E-state index contributed by atoms with van der Waals surface area (Å²) >= 11 is 0. The van der Waals surface area contributed by atoms with E-state index < -0.39 is 27.7 Å². The summed E-state index contributed by atoms with van der Waals surface area (Å²) in [4.78, 5) is 12.5. The van der Waals surface area contributed by atoms with Gasteiger partial charge in [0.05, 0.1) is 22.7 Å². The topological polar surface area (TPSA) is 75.7 Å². The first-order valence-corrected chi connectivity index (χ1v) is 11.1. The number of amides is 1. The van der Waals surface area contributed by atoms with E-state index in [1.54, 1.807) is 13.8 Å². The van der Waals surface area contributed by atoms with Crippen LogP contribution in [0.15, 0.2) is 53.4 Å². The summed E-state index contributed by atoms with van der Waals surface area (Å²) in [5.74, 6) is -0.585. The largest absolute Gasteiger partial charge is 0.416 e. The lowest BCUT2D eigenvalue weighted by Gasteiger charge is -2.34. The molecule has 2 atom stereocenters. The van der Waals surface area contributed by atoms with Crippen LogP contribution in [0.1, 0.15) is 35.3 Å². The molecule has 10 heteroatoms. The van der Waals surface area contributed by atoms with Crippen molar-refractivity contribution in [1.29, 1.82) is 0 Å². The highest BCUT2D eigenvalue weighted by Gasteiger charge is 2.33. The molecule has 1 heterocycles. The molecule has 1 aliphatic heterocycles. The van der Waals surface area contributed by atoms with Crippen LogP contribution in [0.4, 0.5) is 13.2 Å². The molecule has 6 nitrogen and oxygen atoms in total. The number of hydrogen-bond donors (Lipinski definition) is 1. The monoisotopic (exact) mass is 456 g/mol. The Balaban J connectivity index is 1.73. The van der Waals surface area contributed by atoms with Crippen molar-refractivity contribution < 1.29 is 31.1 Å². The van der Waals surface area contributed by atoms with E-state index in [-0.39, 0.29) is 47.9 Å². The van der Waals surface area contributed by atoms with E-state index in [1.165, 1.54) is 40.7 Å². The van der Waals surface area contributed by atoms with E-state index in [0.29, 0.717) is 0 Å². The van der Waals surface area contributed by atoms with Crippen LogP contribution in [0, 0.1) is 0 Å². The minimum atomic E-state index is -4.48. The second-order valence-electron chi connectivity index (χ2n) is 7.49. The Morgan fingerprint density at radius 3 is 2.39 bits per heavy atom. The van der Waals surface area contributed by atoms with Crippen LogP contribution >= 0.6 is 0 Å². The molecule has 168 valence electrons. The summed E-state index contributed by atoms with van der Waals surface area (Å²) in [5.41, 5.74) is -0.424. The third kappa shape index (κ3) is 5.63. The number of nitrogens with one attached hydrogen (secondary N) is 1. The molecule has 31 heavy (non-hydrogen) atoms. The lowest BCUT2D eigenvalue weighted by molar-refractivity contribution is -0.137. The van der Waals surface area contributed by atoms with Gasteiger partial charge in [-0.25, -0.2) is 8.42 Å². The van der Waals surface area contributed by atoms with Crippen LogP contribution < -0.4 is 5.32 Å². The Bertz CT molecular complexity index is 1050.